The lowest BCUT2D eigenvalue weighted by Crippen LogP contribution is -2.35. The number of nitrogens with one attached hydrogen (secondary N) is 7. The molecule has 704 valence electrons. The van der Waals surface area contributed by atoms with Crippen LogP contribution in [0.4, 0.5) is 34.5 Å². The fourth-order valence-corrected chi connectivity index (χ4v) is 18.5. The van der Waals surface area contributed by atoms with Gasteiger partial charge in [-0.2, -0.15) is 0 Å². The van der Waals surface area contributed by atoms with E-state index in [0.717, 1.165) is 27.8 Å². The minimum Gasteiger partial charge on any atom is -0.399 e. The van der Waals surface area contributed by atoms with Crippen LogP contribution in [-0.4, -0.2) is 125 Å². The second-order valence-corrected chi connectivity index (χ2v) is 39.9. The fraction of sp³-hybridized carbons (Fsp3) is 0.305. The van der Waals surface area contributed by atoms with Crippen LogP contribution < -0.4 is 83.0 Å². The van der Waals surface area contributed by atoms with Crippen LogP contribution in [0.25, 0.3) is 33.8 Å². The standard InChI is InChI=1S/2C34H41N7O5S.C27H35N7O4S/c2*1-22(2)21-47(44,45)29-15-27(14-28(35)16-29)30-18-38-33(39-23(3)4)34(43)41(30)19-31(42)37-17-24-10-12-26(13-11-24)32(36)40-46-20-25-8-6-5-7-9-25;1-16(2)15-39(37,38)22-10-20(9-21(28)11-22)23-13-32-26(33-17(3)4)27(36)34(23)14-24(35)31-12-18-5-7-19(8-6-18)25(29)30/h2*5-16,18,22-23H,17,19-21,35H2,1-4H3,(H2,36,40)(H,37,42)(H,38,39);5-11,13,16-17H,12,14-15,28H2,1-4H3,(H3,29,30)(H,31,35)(H,32,33). The molecule has 0 saturated heterocycles. The number of anilines is 6. The van der Waals surface area contributed by atoms with Crippen molar-refractivity contribution in [1.29, 1.82) is 5.41 Å². The summed E-state index contributed by atoms with van der Waals surface area (Å²) in [4.78, 5) is 103. The van der Waals surface area contributed by atoms with Crippen molar-refractivity contribution in [3.8, 4) is 33.8 Å². The maximum absolute atomic E-state index is 13.6. The summed E-state index contributed by atoms with van der Waals surface area (Å²) in [6, 6.07) is 53.3. The number of aromatic nitrogens is 6. The van der Waals surface area contributed by atoms with Gasteiger partial charge in [0.2, 0.25) is 17.7 Å². The van der Waals surface area contributed by atoms with Crippen molar-refractivity contribution in [2.75, 3.05) is 50.4 Å². The highest BCUT2D eigenvalue weighted by atomic mass is 32.2. The Kier molecular flexibility index (Phi) is 36.0. The van der Waals surface area contributed by atoms with Gasteiger partial charge in [0, 0.05) is 88.2 Å². The summed E-state index contributed by atoms with van der Waals surface area (Å²) in [5.74, 6) is -1.23. The fourth-order valence-electron chi connectivity index (χ4n) is 13.4. The SMILES string of the molecule is CC(C)CS(=O)(=O)c1cc(N)cc(-c2cnc(NC(C)C)c(=O)n2CC(=O)NCc2ccc(/C(N)=N/OCc3ccccc3)cc2)c1.CC(C)CS(=O)(=O)c1cc(N)cc(-c2cnc(NC(C)C)c(=O)n2CC(=O)NCc2ccc(/C(N)=N/OCc3ccccc3)cc2)c1.CC(C)CS(=O)(=O)c1cc(N)cc(-c2cnc(NC(C)C)c(=O)n2CC(=O)NCc2ccc(C(=N)N)cc2)c1. The second kappa shape index (κ2) is 46.8. The van der Waals surface area contributed by atoms with E-state index in [1.54, 1.807) is 91.0 Å². The van der Waals surface area contributed by atoms with Gasteiger partial charge in [-0.05, 0) is 142 Å². The van der Waals surface area contributed by atoms with E-state index in [1.807, 2.05) is 144 Å². The Morgan fingerprint density at radius 2 is 0.639 bits per heavy atom. The van der Waals surface area contributed by atoms with Crippen molar-refractivity contribution in [2.45, 2.75) is 168 Å². The van der Waals surface area contributed by atoms with Crippen molar-refractivity contribution in [1.82, 2.24) is 44.6 Å². The molecule has 0 atom stereocenters. The molecule has 0 aliphatic rings. The summed E-state index contributed by atoms with van der Waals surface area (Å²) in [6.45, 7) is 22.1. The topological polar surface area (TPSA) is 554 Å². The lowest BCUT2D eigenvalue weighted by molar-refractivity contribution is -0.122. The molecule has 38 heteroatoms. The Balaban J connectivity index is 0.000000225. The Bertz CT molecular complexity index is 6270. The average Bonchev–Trinajstić information content (AvgIpc) is 0.787. The lowest BCUT2D eigenvalue weighted by Gasteiger charge is -2.17. The Morgan fingerprint density at radius 3 is 0.887 bits per heavy atom. The normalized spacial score (nSPS) is 11.8. The molecule has 133 heavy (non-hydrogen) atoms. The maximum atomic E-state index is 13.6. The number of sulfone groups is 3. The smallest absolute Gasteiger partial charge is 0.294 e. The number of nitrogens with two attached hydrogens (primary N) is 6. The Labute approximate surface area is 774 Å². The summed E-state index contributed by atoms with van der Waals surface area (Å²) >= 11 is 0. The quantitative estimate of drug-likeness (QED) is 0.00737. The molecule has 3 amide bonds. The van der Waals surface area contributed by atoms with Crippen LogP contribution in [0.1, 0.15) is 128 Å². The van der Waals surface area contributed by atoms with Crippen LogP contribution in [0.5, 0.6) is 0 Å². The second-order valence-electron chi connectivity index (χ2n) is 33.8. The van der Waals surface area contributed by atoms with E-state index in [4.69, 9.17) is 49.5 Å². The lowest BCUT2D eigenvalue weighted by atomic mass is 10.1. The van der Waals surface area contributed by atoms with Crippen molar-refractivity contribution >= 4 is 99.3 Å². The minimum atomic E-state index is -3.65. The first kappa shape index (κ1) is 102. The zero-order valence-corrected chi connectivity index (χ0v) is 78.8. The molecule has 0 radical (unpaired) electrons. The number of hydrogen-bond donors (Lipinski definition) is 13. The number of hydrogen-bond acceptors (Lipinski definition) is 26. The largest absolute Gasteiger partial charge is 0.399 e. The van der Waals surface area contributed by atoms with Crippen LogP contribution >= 0.6 is 0 Å². The third kappa shape index (κ3) is 30.5. The third-order valence-corrected chi connectivity index (χ3v) is 25.6. The molecular formula is C95H117N21O14S3. The van der Waals surface area contributed by atoms with Crippen molar-refractivity contribution in [3.05, 3.63) is 282 Å². The molecule has 3 aromatic heterocycles. The van der Waals surface area contributed by atoms with Crippen LogP contribution in [0.3, 0.4) is 0 Å². The molecule has 8 aromatic carbocycles. The molecule has 35 nitrogen and oxygen atoms in total. The van der Waals surface area contributed by atoms with Crippen LogP contribution in [0.15, 0.2) is 246 Å². The van der Waals surface area contributed by atoms with Gasteiger partial charge in [0.05, 0.1) is 67.6 Å². The number of amides is 3. The van der Waals surface area contributed by atoms with Gasteiger partial charge in [-0.25, -0.2) is 40.2 Å². The number of rotatable bonds is 39. The van der Waals surface area contributed by atoms with Crippen molar-refractivity contribution < 1.29 is 49.3 Å². The van der Waals surface area contributed by atoms with Crippen LogP contribution in [0, 0.1) is 23.2 Å². The van der Waals surface area contributed by atoms with Gasteiger partial charge in [-0.3, -0.25) is 47.9 Å². The molecule has 0 saturated carbocycles. The summed E-state index contributed by atoms with van der Waals surface area (Å²) < 4.78 is 81.7. The number of benzene rings is 8. The van der Waals surface area contributed by atoms with E-state index >= 15 is 0 Å². The molecule has 3 heterocycles. The zero-order valence-electron chi connectivity index (χ0n) is 76.4. The predicted octanol–water partition coefficient (Wildman–Crippen LogP) is 10.1. The summed E-state index contributed by atoms with van der Waals surface area (Å²) in [7, 11) is -10.9. The third-order valence-electron chi connectivity index (χ3n) is 19.5. The van der Waals surface area contributed by atoms with Crippen molar-refractivity contribution in [2.24, 2.45) is 45.3 Å². The minimum absolute atomic E-state index is 0.0333. The van der Waals surface area contributed by atoms with Crippen molar-refractivity contribution in [3.63, 3.8) is 0 Å². The monoisotopic (exact) mass is 1870 g/mol. The number of nitrogen functional groups attached to an aromatic ring is 4. The number of nitrogens with zero attached hydrogens (tertiary/aromatic N) is 8. The highest BCUT2D eigenvalue weighted by molar-refractivity contribution is 7.92. The number of carbonyl (C=O) groups is 3. The van der Waals surface area contributed by atoms with Gasteiger partial charge in [-0.15, -0.1) is 0 Å². The Hall–Kier alpha value is -14.5. The maximum Gasteiger partial charge on any atom is 0.294 e. The van der Waals surface area contributed by atoms with E-state index in [9.17, 15) is 54.0 Å². The number of carbonyl (C=O) groups excluding carboxylic acids is 3. The van der Waals surface area contributed by atoms with E-state index in [0.29, 0.717) is 46.6 Å². The van der Waals surface area contributed by atoms with Crippen LogP contribution in [0.2, 0.25) is 0 Å². The van der Waals surface area contributed by atoms with Gasteiger partial charge in [0.1, 0.15) is 38.7 Å². The number of oxime groups is 2. The number of amidine groups is 3. The molecule has 19 N–H and O–H groups in total. The molecule has 11 rings (SSSR count). The molecule has 0 spiro atoms. The molecule has 11 aromatic rings. The summed E-state index contributed by atoms with van der Waals surface area (Å²) in [5.41, 5.74) is 42.9. The average molecular weight is 1870 g/mol. The highest BCUT2D eigenvalue weighted by Gasteiger charge is 2.27. The summed E-state index contributed by atoms with van der Waals surface area (Å²) in [6.07, 6.45) is 4.29. The van der Waals surface area contributed by atoms with E-state index in [2.05, 4.69) is 57.2 Å². The van der Waals surface area contributed by atoms with Gasteiger partial charge < -0.3 is 76.0 Å². The predicted molar refractivity (Wildman–Crippen MR) is 522 cm³/mol. The van der Waals surface area contributed by atoms with E-state index in [1.165, 1.54) is 68.7 Å². The first-order valence-electron chi connectivity index (χ1n) is 42.8. The van der Waals surface area contributed by atoms with Crippen LogP contribution in [-0.2, 0) is 106 Å². The molecule has 0 aliphatic heterocycles. The van der Waals surface area contributed by atoms with E-state index < -0.39 is 63.9 Å². The molecule has 0 unspecified atom stereocenters. The summed E-state index contributed by atoms with van der Waals surface area (Å²) in [5, 5.41) is 32.9. The van der Waals surface area contributed by atoms with Gasteiger partial charge in [0.15, 0.2) is 58.6 Å². The molecular weight excluding hydrogens is 1760 g/mol. The first-order chi connectivity index (χ1) is 62.9. The molecule has 0 aliphatic carbocycles. The van der Waals surface area contributed by atoms with Gasteiger partial charge in [-0.1, -0.05) is 185 Å². The zero-order chi connectivity index (χ0) is 97.2. The first-order valence-corrected chi connectivity index (χ1v) is 47.8. The highest BCUT2D eigenvalue weighted by Crippen LogP contribution is 2.31. The Morgan fingerprint density at radius 1 is 0.376 bits per heavy atom. The van der Waals surface area contributed by atoms with E-state index in [-0.39, 0.29) is 176 Å². The van der Waals surface area contributed by atoms with Gasteiger partial charge in [0.25, 0.3) is 16.7 Å². The van der Waals surface area contributed by atoms with Gasteiger partial charge >= 0.3 is 0 Å². The molecule has 0 bridgehead atoms. The molecule has 0 fully saturated rings.